The van der Waals surface area contributed by atoms with Crippen molar-refractivity contribution in [2.24, 2.45) is 23.7 Å². The molecule has 7 nitrogen and oxygen atoms in total. The first-order chi connectivity index (χ1) is 15.8. The van der Waals surface area contributed by atoms with Gasteiger partial charge in [0, 0.05) is 41.5 Å². The Morgan fingerprint density at radius 1 is 0.970 bits per heavy atom. The molecule has 2 aliphatic rings. The largest absolute Gasteiger partial charge is 0.392 e. The number of aliphatic hydroxyl groups excluding tert-OH is 1. The maximum atomic E-state index is 10.9. The molecule has 1 aliphatic carbocycles. The third-order valence-electron chi connectivity index (χ3n) is 7.60. The van der Waals surface area contributed by atoms with E-state index in [1.807, 2.05) is 19.1 Å². The van der Waals surface area contributed by atoms with Crippen molar-refractivity contribution in [1.82, 2.24) is 0 Å². The summed E-state index contributed by atoms with van der Waals surface area (Å²) in [6.45, 7) is 8.47. The van der Waals surface area contributed by atoms with Crippen molar-refractivity contribution < 1.29 is 33.5 Å². The van der Waals surface area contributed by atoms with E-state index in [1.165, 1.54) is 0 Å². The Morgan fingerprint density at radius 3 is 2.12 bits per heavy atom. The van der Waals surface area contributed by atoms with Crippen LogP contribution < -0.4 is 0 Å². The average Bonchev–Trinajstić information content (AvgIpc) is 3.63. The van der Waals surface area contributed by atoms with Crippen molar-refractivity contribution in [1.29, 1.82) is 0 Å². The Hall–Kier alpha value is -0.800. The number of rotatable bonds is 13. The van der Waals surface area contributed by atoms with E-state index >= 15 is 0 Å². The van der Waals surface area contributed by atoms with Crippen molar-refractivity contribution in [2.75, 3.05) is 35.5 Å². The monoisotopic (exact) mass is 470 g/mol. The smallest absolute Gasteiger partial charge is 0.186 e. The minimum atomic E-state index is -0.558. The summed E-state index contributed by atoms with van der Waals surface area (Å²) in [6, 6.07) is 0. The summed E-state index contributed by atoms with van der Waals surface area (Å²) < 4.78 is 34.2. The van der Waals surface area contributed by atoms with Crippen LogP contribution in [0.5, 0.6) is 0 Å². The number of aliphatic hydroxyl groups is 1. The van der Waals surface area contributed by atoms with Gasteiger partial charge >= 0.3 is 0 Å². The van der Waals surface area contributed by atoms with E-state index in [1.54, 1.807) is 35.5 Å². The van der Waals surface area contributed by atoms with Crippen molar-refractivity contribution in [3.8, 4) is 0 Å². The highest BCUT2D eigenvalue weighted by Gasteiger charge is 2.49. The first kappa shape index (κ1) is 28.4. The van der Waals surface area contributed by atoms with Gasteiger partial charge in [-0.05, 0) is 43.1 Å². The van der Waals surface area contributed by atoms with Crippen LogP contribution in [0, 0.1) is 23.7 Å². The summed E-state index contributed by atoms with van der Waals surface area (Å²) in [6.07, 6.45) is 6.10. The lowest BCUT2D eigenvalue weighted by Gasteiger charge is -2.44. The van der Waals surface area contributed by atoms with Gasteiger partial charge in [0.05, 0.1) is 12.2 Å². The summed E-state index contributed by atoms with van der Waals surface area (Å²) in [5.74, 6) is 1.39. The molecule has 0 aromatic rings. The molecule has 0 bridgehead atoms. The van der Waals surface area contributed by atoms with Crippen LogP contribution in [0.1, 0.15) is 40.5 Å². The Morgan fingerprint density at radius 2 is 1.61 bits per heavy atom. The first-order valence-electron chi connectivity index (χ1n) is 12.1. The molecule has 0 aromatic heterocycles. The van der Waals surface area contributed by atoms with Crippen molar-refractivity contribution in [3.05, 3.63) is 23.8 Å². The third kappa shape index (κ3) is 6.66. The van der Waals surface area contributed by atoms with E-state index in [0.717, 1.165) is 18.4 Å². The second kappa shape index (κ2) is 13.3. The standard InChI is InChI=1S/C26H46O7/c1-10-20(28-5)17(4)18-14-19(18)21(27)15(2)12-11-13-16(3)22-23(29-6)24(30-7)25(31-8)26(32-9)33-22/h11-13,15,17-27H,10,14H2,1-9H3/b12-11+,16-13+/t15-,17-,18-,19+,20-,21+,22+,23+,24-,25+,26-/m0/s1. The normalized spacial score (nSPS) is 36.5. The number of ether oxygens (including phenoxy) is 6. The van der Waals surface area contributed by atoms with Crippen LogP contribution in [0.3, 0.4) is 0 Å². The third-order valence-corrected chi connectivity index (χ3v) is 7.60. The summed E-state index contributed by atoms with van der Waals surface area (Å²) in [7, 11) is 8.27. The molecule has 1 N–H and O–H groups in total. The van der Waals surface area contributed by atoms with E-state index in [2.05, 4.69) is 26.8 Å². The van der Waals surface area contributed by atoms with Gasteiger partial charge in [-0.15, -0.1) is 0 Å². The van der Waals surface area contributed by atoms with Crippen molar-refractivity contribution in [2.45, 2.75) is 83.5 Å². The van der Waals surface area contributed by atoms with Gasteiger partial charge < -0.3 is 33.5 Å². The molecule has 33 heavy (non-hydrogen) atoms. The minimum absolute atomic E-state index is 0.0562. The van der Waals surface area contributed by atoms with Crippen LogP contribution in [0.2, 0.25) is 0 Å². The molecule has 2 fully saturated rings. The Labute approximate surface area is 200 Å². The molecule has 7 heteroatoms. The molecular weight excluding hydrogens is 424 g/mol. The van der Waals surface area contributed by atoms with E-state index < -0.39 is 6.29 Å². The molecule has 2 rings (SSSR count). The average molecular weight is 471 g/mol. The van der Waals surface area contributed by atoms with Crippen molar-refractivity contribution >= 4 is 0 Å². The van der Waals surface area contributed by atoms with Gasteiger partial charge in [0.2, 0.25) is 0 Å². The molecule has 0 radical (unpaired) electrons. The minimum Gasteiger partial charge on any atom is -0.392 e. The lowest BCUT2D eigenvalue weighted by atomic mass is 9.91. The summed E-state index contributed by atoms with van der Waals surface area (Å²) >= 11 is 0. The van der Waals surface area contributed by atoms with Gasteiger partial charge in [-0.25, -0.2) is 0 Å². The molecule has 1 heterocycles. The number of methoxy groups -OCH3 is 5. The molecule has 0 unspecified atom stereocenters. The fraction of sp³-hybridized carbons (Fsp3) is 0.846. The molecule has 1 saturated carbocycles. The molecule has 1 saturated heterocycles. The quantitative estimate of drug-likeness (QED) is 0.412. The highest BCUT2D eigenvalue weighted by Crippen LogP contribution is 2.49. The second-order valence-electron chi connectivity index (χ2n) is 9.51. The molecule has 11 atom stereocenters. The molecule has 192 valence electrons. The Kier molecular flexibility index (Phi) is 11.5. The zero-order valence-electron chi connectivity index (χ0n) is 21.9. The number of allylic oxidation sites excluding steroid dienone is 2. The Bertz CT molecular complexity index is 632. The fourth-order valence-corrected chi connectivity index (χ4v) is 5.38. The van der Waals surface area contributed by atoms with Crippen LogP contribution in [0.15, 0.2) is 23.8 Å². The predicted molar refractivity (Wildman–Crippen MR) is 128 cm³/mol. The van der Waals surface area contributed by atoms with Gasteiger partial charge in [-0.3, -0.25) is 0 Å². The highest BCUT2D eigenvalue weighted by atomic mass is 16.7. The summed E-state index contributed by atoms with van der Waals surface area (Å²) in [5, 5.41) is 10.9. The lowest BCUT2D eigenvalue weighted by Crippen LogP contribution is -2.60. The lowest BCUT2D eigenvalue weighted by molar-refractivity contribution is -0.295. The summed E-state index contributed by atoms with van der Waals surface area (Å²) in [5.41, 5.74) is 0.988. The highest BCUT2D eigenvalue weighted by molar-refractivity contribution is 5.19. The fourth-order valence-electron chi connectivity index (χ4n) is 5.38. The van der Waals surface area contributed by atoms with E-state index in [4.69, 9.17) is 28.4 Å². The SMILES string of the molecule is CC[C@H](OC)[C@@H](C)[C@@H]1C[C@H]1[C@H](O)[C@@H](C)/C=C/C=C(\C)[C@H]1O[C@H](OC)[C@H](OC)[C@@H](OC)[C@@H]1OC. The maximum absolute atomic E-state index is 10.9. The van der Waals surface area contributed by atoms with Gasteiger partial charge in [0.25, 0.3) is 0 Å². The van der Waals surface area contributed by atoms with E-state index in [0.29, 0.717) is 17.8 Å². The molecular formula is C26H46O7. The van der Waals surface area contributed by atoms with Gasteiger partial charge in [-0.2, -0.15) is 0 Å². The number of hydrogen-bond donors (Lipinski definition) is 1. The van der Waals surface area contributed by atoms with E-state index in [-0.39, 0.29) is 42.5 Å². The van der Waals surface area contributed by atoms with Gasteiger partial charge in [0.15, 0.2) is 6.29 Å². The maximum Gasteiger partial charge on any atom is 0.186 e. The molecule has 0 spiro atoms. The zero-order chi connectivity index (χ0) is 24.7. The number of hydrogen-bond acceptors (Lipinski definition) is 7. The molecule has 1 aliphatic heterocycles. The van der Waals surface area contributed by atoms with Crippen LogP contribution in [0.25, 0.3) is 0 Å². The van der Waals surface area contributed by atoms with Crippen LogP contribution in [-0.2, 0) is 28.4 Å². The van der Waals surface area contributed by atoms with Crippen molar-refractivity contribution in [3.63, 3.8) is 0 Å². The molecule has 0 aromatic carbocycles. The van der Waals surface area contributed by atoms with Crippen LogP contribution in [0.4, 0.5) is 0 Å². The predicted octanol–water partition coefficient (Wildman–Crippen LogP) is 3.60. The van der Waals surface area contributed by atoms with Gasteiger partial charge in [-0.1, -0.05) is 39.0 Å². The summed E-state index contributed by atoms with van der Waals surface area (Å²) in [4.78, 5) is 0. The Balaban J connectivity index is 2.02. The van der Waals surface area contributed by atoms with Crippen LogP contribution in [-0.4, -0.2) is 83.6 Å². The van der Waals surface area contributed by atoms with E-state index in [9.17, 15) is 5.11 Å². The molecule has 0 amide bonds. The van der Waals surface area contributed by atoms with Crippen LogP contribution >= 0.6 is 0 Å². The zero-order valence-corrected chi connectivity index (χ0v) is 21.9. The first-order valence-corrected chi connectivity index (χ1v) is 12.1. The van der Waals surface area contributed by atoms with Gasteiger partial charge in [0.1, 0.15) is 24.4 Å². The topological polar surface area (TPSA) is 75.6 Å². The second-order valence-corrected chi connectivity index (χ2v) is 9.51.